The first kappa shape index (κ1) is 12.2. The molecule has 1 N–H and O–H groups in total. The maximum Gasteiger partial charge on any atom is 0.0236 e. The Hall–Kier alpha value is -0.860. The molecule has 1 spiro atoms. The van der Waals surface area contributed by atoms with Gasteiger partial charge in [0.05, 0.1) is 0 Å². The number of hydrogen-bond acceptors (Lipinski definition) is 2. The van der Waals surface area contributed by atoms with Gasteiger partial charge in [-0.1, -0.05) is 23.8 Å². The van der Waals surface area contributed by atoms with Gasteiger partial charge in [0.2, 0.25) is 0 Å². The second-order valence-electron chi connectivity index (χ2n) is 6.32. The maximum absolute atomic E-state index is 3.53. The summed E-state index contributed by atoms with van der Waals surface area (Å²) in [7, 11) is 0. The standard InChI is InChI=1S/C16H24N2/c1-13-3-4-14(2)15(9-13)10-18-8-6-16(12-18)5-7-17-11-16/h3-4,9,17H,5-8,10-12H2,1-2H3. The van der Waals surface area contributed by atoms with E-state index in [1.807, 2.05) is 0 Å². The molecular weight excluding hydrogens is 220 g/mol. The van der Waals surface area contributed by atoms with Crippen LogP contribution in [0.3, 0.4) is 0 Å². The summed E-state index contributed by atoms with van der Waals surface area (Å²) in [5, 5.41) is 3.53. The van der Waals surface area contributed by atoms with Crippen LogP contribution in [0.25, 0.3) is 0 Å². The van der Waals surface area contributed by atoms with E-state index >= 15 is 0 Å². The molecule has 2 saturated heterocycles. The lowest BCUT2D eigenvalue weighted by Gasteiger charge is -2.23. The highest BCUT2D eigenvalue weighted by Crippen LogP contribution is 2.36. The summed E-state index contributed by atoms with van der Waals surface area (Å²) in [5.74, 6) is 0. The minimum absolute atomic E-state index is 0.595. The summed E-state index contributed by atoms with van der Waals surface area (Å²) in [5.41, 5.74) is 4.92. The fraction of sp³-hybridized carbons (Fsp3) is 0.625. The van der Waals surface area contributed by atoms with Crippen molar-refractivity contribution in [3.63, 3.8) is 0 Å². The van der Waals surface area contributed by atoms with Crippen LogP contribution in [0.1, 0.15) is 29.5 Å². The number of benzene rings is 1. The minimum atomic E-state index is 0.595. The van der Waals surface area contributed by atoms with Crippen LogP contribution in [-0.2, 0) is 6.54 Å². The molecule has 18 heavy (non-hydrogen) atoms. The van der Waals surface area contributed by atoms with Crippen molar-refractivity contribution >= 4 is 0 Å². The van der Waals surface area contributed by atoms with Gasteiger partial charge in [-0.2, -0.15) is 0 Å². The molecule has 98 valence electrons. The minimum Gasteiger partial charge on any atom is -0.316 e. The predicted octanol–water partition coefficient (Wildman–Crippen LogP) is 2.49. The van der Waals surface area contributed by atoms with Gasteiger partial charge in [0, 0.05) is 19.6 Å². The van der Waals surface area contributed by atoms with Gasteiger partial charge in [-0.3, -0.25) is 4.90 Å². The molecule has 0 amide bonds. The van der Waals surface area contributed by atoms with Crippen molar-refractivity contribution in [3.8, 4) is 0 Å². The van der Waals surface area contributed by atoms with Gasteiger partial charge in [0.15, 0.2) is 0 Å². The molecule has 2 aliphatic rings. The molecule has 0 radical (unpaired) electrons. The molecule has 2 heterocycles. The maximum atomic E-state index is 3.53. The van der Waals surface area contributed by atoms with E-state index in [-0.39, 0.29) is 0 Å². The number of nitrogens with one attached hydrogen (secondary N) is 1. The Morgan fingerprint density at radius 1 is 1.28 bits per heavy atom. The topological polar surface area (TPSA) is 15.3 Å². The van der Waals surface area contributed by atoms with Crippen molar-refractivity contribution in [2.45, 2.75) is 33.2 Å². The first-order chi connectivity index (χ1) is 8.67. The third-order valence-corrected chi connectivity index (χ3v) is 4.75. The van der Waals surface area contributed by atoms with E-state index in [0.29, 0.717) is 5.41 Å². The quantitative estimate of drug-likeness (QED) is 0.860. The molecule has 0 bridgehead atoms. The van der Waals surface area contributed by atoms with Crippen LogP contribution < -0.4 is 5.32 Å². The molecule has 0 aliphatic carbocycles. The average Bonchev–Trinajstić information content (AvgIpc) is 2.95. The summed E-state index contributed by atoms with van der Waals surface area (Å²) in [6, 6.07) is 6.83. The number of likely N-dealkylation sites (tertiary alicyclic amines) is 1. The van der Waals surface area contributed by atoms with Crippen LogP contribution in [0.2, 0.25) is 0 Å². The predicted molar refractivity (Wildman–Crippen MR) is 75.7 cm³/mol. The molecule has 1 atom stereocenters. The van der Waals surface area contributed by atoms with Gasteiger partial charge >= 0.3 is 0 Å². The van der Waals surface area contributed by atoms with E-state index < -0.39 is 0 Å². The first-order valence-corrected chi connectivity index (χ1v) is 7.16. The summed E-state index contributed by atoms with van der Waals surface area (Å²) < 4.78 is 0. The van der Waals surface area contributed by atoms with Crippen molar-refractivity contribution < 1.29 is 0 Å². The Labute approximate surface area is 110 Å². The number of aryl methyl sites for hydroxylation is 2. The summed E-state index contributed by atoms with van der Waals surface area (Å²) in [6.45, 7) is 10.6. The van der Waals surface area contributed by atoms with Gasteiger partial charge in [-0.25, -0.2) is 0 Å². The number of rotatable bonds is 2. The zero-order valence-corrected chi connectivity index (χ0v) is 11.6. The van der Waals surface area contributed by atoms with Crippen LogP contribution in [0.5, 0.6) is 0 Å². The molecule has 3 rings (SSSR count). The summed E-state index contributed by atoms with van der Waals surface area (Å²) in [6.07, 6.45) is 2.75. The van der Waals surface area contributed by atoms with Crippen LogP contribution >= 0.6 is 0 Å². The van der Waals surface area contributed by atoms with E-state index in [9.17, 15) is 0 Å². The molecule has 2 aliphatic heterocycles. The van der Waals surface area contributed by atoms with Gasteiger partial charge in [-0.15, -0.1) is 0 Å². The third-order valence-electron chi connectivity index (χ3n) is 4.75. The zero-order valence-electron chi connectivity index (χ0n) is 11.6. The Kier molecular flexibility index (Phi) is 3.16. The molecule has 1 aromatic carbocycles. The van der Waals surface area contributed by atoms with E-state index in [1.54, 1.807) is 0 Å². The number of nitrogens with zero attached hydrogens (tertiary/aromatic N) is 1. The smallest absolute Gasteiger partial charge is 0.0236 e. The lowest BCUT2D eigenvalue weighted by molar-refractivity contribution is 0.268. The monoisotopic (exact) mass is 244 g/mol. The Bertz CT molecular complexity index is 433. The fourth-order valence-corrected chi connectivity index (χ4v) is 3.52. The Morgan fingerprint density at radius 3 is 2.94 bits per heavy atom. The normalized spacial score (nSPS) is 28.3. The van der Waals surface area contributed by atoms with Crippen LogP contribution in [0.15, 0.2) is 18.2 Å². The molecule has 1 unspecified atom stereocenters. The zero-order chi connectivity index (χ0) is 12.6. The molecule has 1 aromatic rings. The Morgan fingerprint density at radius 2 is 2.17 bits per heavy atom. The highest BCUT2D eigenvalue weighted by Gasteiger charge is 2.40. The molecule has 2 nitrogen and oxygen atoms in total. The van der Waals surface area contributed by atoms with Crippen molar-refractivity contribution in [2.24, 2.45) is 5.41 Å². The molecule has 0 aromatic heterocycles. The van der Waals surface area contributed by atoms with Crippen LogP contribution in [0.4, 0.5) is 0 Å². The van der Waals surface area contributed by atoms with Gasteiger partial charge < -0.3 is 5.32 Å². The molecule has 2 fully saturated rings. The van der Waals surface area contributed by atoms with Crippen LogP contribution in [-0.4, -0.2) is 31.1 Å². The van der Waals surface area contributed by atoms with Crippen LogP contribution in [0, 0.1) is 19.3 Å². The SMILES string of the molecule is Cc1ccc(C)c(CN2CCC3(CCNC3)C2)c1. The highest BCUT2D eigenvalue weighted by atomic mass is 15.2. The fourth-order valence-electron chi connectivity index (χ4n) is 3.52. The molecular formula is C16H24N2. The van der Waals surface area contributed by atoms with Crippen molar-refractivity contribution in [1.82, 2.24) is 10.2 Å². The van der Waals surface area contributed by atoms with Crippen molar-refractivity contribution in [1.29, 1.82) is 0 Å². The van der Waals surface area contributed by atoms with E-state index in [4.69, 9.17) is 0 Å². The summed E-state index contributed by atoms with van der Waals surface area (Å²) >= 11 is 0. The van der Waals surface area contributed by atoms with Crippen molar-refractivity contribution in [3.05, 3.63) is 34.9 Å². The van der Waals surface area contributed by atoms with Crippen molar-refractivity contribution in [2.75, 3.05) is 26.2 Å². The van der Waals surface area contributed by atoms with Gasteiger partial charge in [0.25, 0.3) is 0 Å². The second-order valence-corrected chi connectivity index (χ2v) is 6.32. The molecule has 0 saturated carbocycles. The molecule has 2 heteroatoms. The van der Waals surface area contributed by atoms with Gasteiger partial charge in [0.1, 0.15) is 0 Å². The van der Waals surface area contributed by atoms with E-state index in [0.717, 1.165) is 6.54 Å². The summed E-state index contributed by atoms with van der Waals surface area (Å²) in [4.78, 5) is 2.65. The lowest BCUT2D eigenvalue weighted by atomic mass is 9.86. The Balaban J connectivity index is 1.69. The van der Waals surface area contributed by atoms with E-state index in [1.165, 1.54) is 55.7 Å². The van der Waals surface area contributed by atoms with Gasteiger partial charge in [-0.05, 0) is 56.3 Å². The lowest BCUT2D eigenvalue weighted by Crippen LogP contribution is -2.29. The average molecular weight is 244 g/mol. The highest BCUT2D eigenvalue weighted by molar-refractivity contribution is 5.30. The van der Waals surface area contributed by atoms with E-state index in [2.05, 4.69) is 42.3 Å². The largest absolute Gasteiger partial charge is 0.316 e. The third kappa shape index (κ3) is 2.32. The number of hydrogen-bond donors (Lipinski definition) is 1. The first-order valence-electron chi connectivity index (χ1n) is 7.16. The second kappa shape index (κ2) is 4.67.